The molecule has 1 aromatic carbocycles. The van der Waals surface area contributed by atoms with E-state index in [0.717, 1.165) is 17.7 Å². The average Bonchev–Trinajstić information content (AvgIpc) is 2.25. The van der Waals surface area contributed by atoms with Gasteiger partial charge in [0.25, 0.3) is 0 Å². The lowest BCUT2D eigenvalue weighted by molar-refractivity contribution is 0.404. The van der Waals surface area contributed by atoms with Crippen LogP contribution in [0.25, 0.3) is 0 Å². The maximum atomic E-state index is 5.98. The number of rotatable bonds is 4. The fourth-order valence-corrected chi connectivity index (χ4v) is 1.37. The van der Waals surface area contributed by atoms with Crippen molar-refractivity contribution in [3.8, 4) is 18.1 Å². The summed E-state index contributed by atoms with van der Waals surface area (Å²) in [6.07, 6.45) is 6.67. The quantitative estimate of drug-likeness (QED) is 0.736. The standard InChI is InChI=1S/C12H15NO/c1-3-4-8-11(13)10-7-5-6-9-12(10)14-2/h1,5-7,9,11H,4,8,13H2,2H3. The first kappa shape index (κ1) is 10.6. The lowest BCUT2D eigenvalue weighted by Crippen LogP contribution is -2.11. The summed E-state index contributed by atoms with van der Waals surface area (Å²) >= 11 is 0. The minimum absolute atomic E-state index is 0.0396. The molecule has 0 amide bonds. The molecule has 0 fully saturated rings. The third-order valence-electron chi connectivity index (χ3n) is 2.14. The lowest BCUT2D eigenvalue weighted by atomic mass is 10.0. The molecule has 0 bridgehead atoms. The molecule has 2 nitrogen and oxygen atoms in total. The molecule has 0 aliphatic heterocycles. The summed E-state index contributed by atoms with van der Waals surface area (Å²) in [5, 5.41) is 0. The van der Waals surface area contributed by atoms with Crippen LogP contribution in [0.3, 0.4) is 0 Å². The molecule has 0 radical (unpaired) electrons. The fraction of sp³-hybridized carbons (Fsp3) is 0.333. The number of para-hydroxylation sites is 1. The number of benzene rings is 1. The van der Waals surface area contributed by atoms with Crippen molar-refractivity contribution in [2.24, 2.45) is 5.73 Å². The first-order valence-electron chi connectivity index (χ1n) is 4.61. The normalized spacial score (nSPS) is 11.8. The van der Waals surface area contributed by atoms with Crippen LogP contribution in [-0.2, 0) is 0 Å². The van der Waals surface area contributed by atoms with E-state index in [-0.39, 0.29) is 6.04 Å². The lowest BCUT2D eigenvalue weighted by Gasteiger charge is -2.14. The van der Waals surface area contributed by atoms with E-state index in [1.54, 1.807) is 7.11 Å². The molecule has 0 aromatic heterocycles. The van der Waals surface area contributed by atoms with Crippen molar-refractivity contribution in [2.45, 2.75) is 18.9 Å². The Balaban J connectivity index is 2.78. The predicted octanol–water partition coefficient (Wildman–Crippen LogP) is 2.11. The molecule has 2 heteroatoms. The van der Waals surface area contributed by atoms with Crippen LogP contribution in [0.4, 0.5) is 0 Å². The smallest absolute Gasteiger partial charge is 0.123 e. The zero-order valence-electron chi connectivity index (χ0n) is 8.36. The Hall–Kier alpha value is -1.46. The summed E-state index contributed by atoms with van der Waals surface area (Å²) < 4.78 is 5.21. The van der Waals surface area contributed by atoms with E-state index in [9.17, 15) is 0 Å². The first-order chi connectivity index (χ1) is 6.79. The van der Waals surface area contributed by atoms with Crippen LogP contribution < -0.4 is 10.5 Å². The highest BCUT2D eigenvalue weighted by atomic mass is 16.5. The molecular weight excluding hydrogens is 174 g/mol. The average molecular weight is 189 g/mol. The van der Waals surface area contributed by atoms with Gasteiger partial charge in [-0.1, -0.05) is 18.2 Å². The molecule has 74 valence electrons. The van der Waals surface area contributed by atoms with Crippen LogP contribution >= 0.6 is 0 Å². The third-order valence-corrected chi connectivity index (χ3v) is 2.14. The highest BCUT2D eigenvalue weighted by molar-refractivity contribution is 5.35. The molecule has 1 atom stereocenters. The van der Waals surface area contributed by atoms with E-state index in [0.29, 0.717) is 6.42 Å². The van der Waals surface area contributed by atoms with Gasteiger partial charge in [0.1, 0.15) is 5.75 Å². The summed E-state index contributed by atoms with van der Waals surface area (Å²) in [5.74, 6) is 3.42. The van der Waals surface area contributed by atoms with Crippen LogP contribution in [0.2, 0.25) is 0 Å². The number of hydrogen-bond acceptors (Lipinski definition) is 2. The summed E-state index contributed by atoms with van der Waals surface area (Å²) in [4.78, 5) is 0. The molecule has 2 N–H and O–H groups in total. The monoisotopic (exact) mass is 189 g/mol. The van der Waals surface area contributed by atoms with Crippen LogP contribution in [0.5, 0.6) is 5.75 Å². The van der Waals surface area contributed by atoms with Crippen molar-refractivity contribution in [2.75, 3.05) is 7.11 Å². The first-order valence-corrected chi connectivity index (χ1v) is 4.61. The summed E-state index contributed by atoms with van der Waals surface area (Å²) in [5.41, 5.74) is 7.00. The van der Waals surface area contributed by atoms with Gasteiger partial charge in [0.15, 0.2) is 0 Å². The maximum Gasteiger partial charge on any atom is 0.123 e. The van der Waals surface area contributed by atoms with Gasteiger partial charge in [0.05, 0.1) is 7.11 Å². The van der Waals surface area contributed by atoms with E-state index in [1.165, 1.54) is 0 Å². The minimum Gasteiger partial charge on any atom is -0.496 e. The Labute approximate surface area is 85.1 Å². The Kier molecular flexibility index (Phi) is 4.03. The van der Waals surface area contributed by atoms with Crippen molar-refractivity contribution in [3.63, 3.8) is 0 Å². The van der Waals surface area contributed by atoms with E-state index in [4.69, 9.17) is 16.9 Å². The van der Waals surface area contributed by atoms with Gasteiger partial charge in [-0.15, -0.1) is 12.3 Å². The van der Waals surface area contributed by atoms with Crippen LogP contribution in [-0.4, -0.2) is 7.11 Å². The summed E-state index contributed by atoms with van der Waals surface area (Å²) in [6.45, 7) is 0. The SMILES string of the molecule is C#CCCC(N)c1ccccc1OC. The van der Waals surface area contributed by atoms with Gasteiger partial charge in [-0.25, -0.2) is 0 Å². The van der Waals surface area contributed by atoms with E-state index in [1.807, 2.05) is 24.3 Å². The third kappa shape index (κ3) is 2.51. The largest absolute Gasteiger partial charge is 0.496 e. The predicted molar refractivity (Wildman–Crippen MR) is 58.0 cm³/mol. The summed E-state index contributed by atoms with van der Waals surface area (Å²) in [6, 6.07) is 7.72. The van der Waals surface area contributed by atoms with Crippen LogP contribution in [0, 0.1) is 12.3 Å². The molecule has 1 rings (SSSR count). The highest BCUT2D eigenvalue weighted by Gasteiger charge is 2.09. The molecule has 0 heterocycles. The number of nitrogens with two attached hydrogens (primary N) is 1. The second-order valence-electron chi connectivity index (χ2n) is 3.09. The Morgan fingerprint density at radius 1 is 1.50 bits per heavy atom. The van der Waals surface area contributed by atoms with Gasteiger partial charge in [-0.05, 0) is 12.5 Å². The number of terminal acetylenes is 1. The van der Waals surface area contributed by atoms with E-state index in [2.05, 4.69) is 5.92 Å². The Morgan fingerprint density at radius 3 is 2.86 bits per heavy atom. The van der Waals surface area contributed by atoms with Gasteiger partial charge in [-0.2, -0.15) is 0 Å². The number of methoxy groups -OCH3 is 1. The molecule has 0 saturated heterocycles. The molecular formula is C12H15NO. The van der Waals surface area contributed by atoms with Crippen LogP contribution in [0.15, 0.2) is 24.3 Å². The maximum absolute atomic E-state index is 5.98. The van der Waals surface area contributed by atoms with Crippen molar-refractivity contribution >= 4 is 0 Å². The van der Waals surface area contributed by atoms with Crippen molar-refractivity contribution < 1.29 is 4.74 Å². The molecule has 0 aliphatic rings. The molecule has 14 heavy (non-hydrogen) atoms. The second kappa shape index (κ2) is 5.31. The molecule has 1 aromatic rings. The topological polar surface area (TPSA) is 35.2 Å². The Morgan fingerprint density at radius 2 is 2.21 bits per heavy atom. The van der Waals surface area contributed by atoms with Gasteiger partial charge in [0.2, 0.25) is 0 Å². The second-order valence-corrected chi connectivity index (χ2v) is 3.09. The van der Waals surface area contributed by atoms with Crippen molar-refractivity contribution in [1.29, 1.82) is 0 Å². The zero-order chi connectivity index (χ0) is 10.4. The zero-order valence-corrected chi connectivity index (χ0v) is 8.36. The van der Waals surface area contributed by atoms with Gasteiger partial charge in [0, 0.05) is 18.0 Å². The van der Waals surface area contributed by atoms with Gasteiger partial charge in [-0.3, -0.25) is 0 Å². The van der Waals surface area contributed by atoms with Gasteiger partial charge >= 0.3 is 0 Å². The highest BCUT2D eigenvalue weighted by Crippen LogP contribution is 2.25. The molecule has 0 aliphatic carbocycles. The number of hydrogen-bond donors (Lipinski definition) is 1. The van der Waals surface area contributed by atoms with Crippen LogP contribution in [0.1, 0.15) is 24.4 Å². The molecule has 0 saturated carbocycles. The van der Waals surface area contributed by atoms with E-state index >= 15 is 0 Å². The summed E-state index contributed by atoms with van der Waals surface area (Å²) in [7, 11) is 1.65. The van der Waals surface area contributed by atoms with Crippen molar-refractivity contribution in [1.82, 2.24) is 0 Å². The Bertz CT molecular complexity index is 327. The van der Waals surface area contributed by atoms with E-state index < -0.39 is 0 Å². The van der Waals surface area contributed by atoms with Crippen molar-refractivity contribution in [3.05, 3.63) is 29.8 Å². The number of ether oxygens (including phenoxy) is 1. The van der Waals surface area contributed by atoms with Gasteiger partial charge < -0.3 is 10.5 Å². The molecule has 1 unspecified atom stereocenters. The molecule has 0 spiro atoms. The fourth-order valence-electron chi connectivity index (χ4n) is 1.37. The minimum atomic E-state index is -0.0396.